The van der Waals surface area contributed by atoms with Crippen molar-refractivity contribution in [3.63, 3.8) is 0 Å². The molecule has 0 amide bonds. The molecule has 0 atom stereocenters. The number of benzene rings is 1. The van der Waals surface area contributed by atoms with E-state index in [1.807, 2.05) is 19.3 Å². The molecule has 0 radical (unpaired) electrons. The molecule has 1 heterocycles. The molecule has 1 N–H and O–H groups in total. The summed E-state index contributed by atoms with van der Waals surface area (Å²) in [4.78, 5) is 4.21. The van der Waals surface area contributed by atoms with E-state index < -0.39 is 0 Å². The first-order valence-corrected chi connectivity index (χ1v) is 6.94. The standard InChI is InChI=1S/C16H23N3/c1-13(2)16-6-4-15(5-7-16)12-17-8-10-19-11-9-18-14(19)3/h4-7,9,11,13,17H,8,10,12H2,1-3H3. The molecule has 102 valence electrons. The van der Waals surface area contributed by atoms with Gasteiger partial charge in [0.05, 0.1) is 0 Å². The zero-order valence-electron chi connectivity index (χ0n) is 12.1. The van der Waals surface area contributed by atoms with Gasteiger partial charge in [-0.25, -0.2) is 4.98 Å². The van der Waals surface area contributed by atoms with Gasteiger partial charge >= 0.3 is 0 Å². The third-order valence-electron chi connectivity index (χ3n) is 3.43. The normalized spacial score (nSPS) is 11.2. The quantitative estimate of drug-likeness (QED) is 0.806. The van der Waals surface area contributed by atoms with Crippen molar-refractivity contribution in [2.24, 2.45) is 0 Å². The summed E-state index contributed by atoms with van der Waals surface area (Å²) < 4.78 is 2.16. The van der Waals surface area contributed by atoms with Crippen LogP contribution in [0.15, 0.2) is 36.7 Å². The van der Waals surface area contributed by atoms with Crippen LogP contribution in [0.1, 0.15) is 36.7 Å². The monoisotopic (exact) mass is 257 g/mol. The van der Waals surface area contributed by atoms with Crippen LogP contribution >= 0.6 is 0 Å². The maximum absolute atomic E-state index is 4.21. The Bertz CT molecular complexity index is 497. The molecule has 3 heteroatoms. The van der Waals surface area contributed by atoms with Crippen LogP contribution in [0.2, 0.25) is 0 Å². The van der Waals surface area contributed by atoms with Gasteiger partial charge in [-0.05, 0) is 24.0 Å². The third kappa shape index (κ3) is 3.93. The van der Waals surface area contributed by atoms with E-state index in [9.17, 15) is 0 Å². The molecule has 2 aromatic rings. The van der Waals surface area contributed by atoms with Crippen LogP contribution in [0.25, 0.3) is 0 Å². The van der Waals surface area contributed by atoms with E-state index in [0.717, 1.165) is 25.5 Å². The molecule has 19 heavy (non-hydrogen) atoms. The second-order valence-corrected chi connectivity index (χ2v) is 5.24. The van der Waals surface area contributed by atoms with Gasteiger partial charge in [0.15, 0.2) is 0 Å². The SMILES string of the molecule is Cc1nccn1CCNCc1ccc(C(C)C)cc1. The van der Waals surface area contributed by atoms with Gasteiger partial charge in [-0.15, -0.1) is 0 Å². The lowest BCUT2D eigenvalue weighted by atomic mass is 10.0. The summed E-state index contributed by atoms with van der Waals surface area (Å²) in [6.07, 6.45) is 3.87. The summed E-state index contributed by atoms with van der Waals surface area (Å²) in [7, 11) is 0. The molecular formula is C16H23N3. The minimum absolute atomic E-state index is 0.603. The lowest BCUT2D eigenvalue weighted by Gasteiger charge is -2.09. The second-order valence-electron chi connectivity index (χ2n) is 5.24. The minimum Gasteiger partial charge on any atom is -0.334 e. The van der Waals surface area contributed by atoms with Gasteiger partial charge in [-0.3, -0.25) is 0 Å². The summed E-state index contributed by atoms with van der Waals surface area (Å²) in [6, 6.07) is 8.87. The Balaban J connectivity index is 1.75. The number of hydrogen-bond acceptors (Lipinski definition) is 2. The van der Waals surface area contributed by atoms with Crippen molar-refractivity contribution in [3.8, 4) is 0 Å². The molecule has 0 aliphatic carbocycles. The number of nitrogens with one attached hydrogen (secondary N) is 1. The molecule has 0 bridgehead atoms. The Hall–Kier alpha value is -1.61. The first-order chi connectivity index (χ1) is 9.16. The average molecular weight is 257 g/mol. The van der Waals surface area contributed by atoms with E-state index in [4.69, 9.17) is 0 Å². The summed E-state index contributed by atoms with van der Waals surface area (Å²) in [6.45, 7) is 9.33. The highest BCUT2D eigenvalue weighted by Gasteiger charge is 1.99. The topological polar surface area (TPSA) is 29.9 Å². The van der Waals surface area contributed by atoms with Gasteiger partial charge in [-0.1, -0.05) is 38.1 Å². The van der Waals surface area contributed by atoms with Crippen LogP contribution in [0, 0.1) is 6.92 Å². The van der Waals surface area contributed by atoms with Gasteiger partial charge < -0.3 is 9.88 Å². The van der Waals surface area contributed by atoms with Gasteiger partial charge in [0.25, 0.3) is 0 Å². The molecular weight excluding hydrogens is 234 g/mol. The van der Waals surface area contributed by atoms with Crippen molar-refractivity contribution in [3.05, 3.63) is 53.6 Å². The van der Waals surface area contributed by atoms with Crippen molar-refractivity contribution in [2.75, 3.05) is 6.54 Å². The lowest BCUT2D eigenvalue weighted by molar-refractivity contribution is 0.587. The average Bonchev–Trinajstić information content (AvgIpc) is 2.81. The Morgan fingerprint density at radius 1 is 1.21 bits per heavy atom. The van der Waals surface area contributed by atoms with Crippen molar-refractivity contribution in [1.29, 1.82) is 0 Å². The molecule has 0 aliphatic rings. The van der Waals surface area contributed by atoms with E-state index in [2.05, 4.69) is 53.0 Å². The highest BCUT2D eigenvalue weighted by atomic mass is 15.1. The van der Waals surface area contributed by atoms with Crippen LogP contribution in [0.4, 0.5) is 0 Å². The van der Waals surface area contributed by atoms with E-state index in [1.165, 1.54) is 11.1 Å². The number of hydrogen-bond donors (Lipinski definition) is 1. The maximum atomic E-state index is 4.21. The van der Waals surface area contributed by atoms with Gasteiger partial charge in [-0.2, -0.15) is 0 Å². The Kier molecular flexibility index (Phi) is 4.74. The fourth-order valence-electron chi connectivity index (χ4n) is 2.09. The molecule has 3 nitrogen and oxygen atoms in total. The smallest absolute Gasteiger partial charge is 0.105 e. The van der Waals surface area contributed by atoms with E-state index in [0.29, 0.717) is 5.92 Å². The van der Waals surface area contributed by atoms with Crippen LogP contribution in [-0.4, -0.2) is 16.1 Å². The van der Waals surface area contributed by atoms with Crippen LogP contribution < -0.4 is 5.32 Å². The highest BCUT2D eigenvalue weighted by Crippen LogP contribution is 2.14. The molecule has 0 spiro atoms. The molecule has 0 saturated carbocycles. The maximum Gasteiger partial charge on any atom is 0.105 e. The predicted octanol–water partition coefficient (Wildman–Crippen LogP) is 3.10. The van der Waals surface area contributed by atoms with Gasteiger partial charge in [0.2, 0.25) is 0 Å². The van der Waals surface area contributed by atoms with Crippen molar-refractivity contribution >= 4 is 0 Å². The fraction of sp³-hybridized carbons (Fsp3) is 0.438. The zero-order chi connectivity index (χ0) is 13.7. The number of nitrogens with zero attached hydrogens (tertiary/aromatic N) is 2. The Morgan fingerprint density at radius 3 is 2.53 bits per heavy atom. The molecule has 0 unspecified atom stereocenters. The predicted molar refractivity (Wildman–Crippen MR) is 79.2 cm³/mol. The fourth-order valence-corrected chi connectivity index (χ4v) is 2.09. The zero-order valence-corrected chi connectivity index (χ0v) is 12.1. The number of aryl methyl sites for hydroxylation is 1. The highest BCUT2D eigenvalue weighted by molar-refractivity contribution is 5.24. The molecule has 1 aromatic carbocycles. The summed E-state index contributed by atoms with van der Waals surface area (Å²) >= 11 is 0. The largest absolute Gasteiger partial charge is 0.334 e. The summed E-state index contributed by atoms with van der Waals surface area (Å²) in [5.74, 6) is 1.68. The molecule has 0 saturated heterocycles. The first-order valence-electron chi connectivity index (χ1n) is 6.94. The van der Waals surface area contributed by atoms with Crippen molar-refractivity contribution < 1.29 is 0 Å². The Labute approximate surface area is 115 Å². The molecule has 0 aliphatic heterocycles. The van der Waals surface area contributed by atoms with Crippen molar-refractivity contribution in [2.45, 2.75) is 39.8 Å². The number of aromatic nitrogens is 2. The van der Waals surface area contributed by atoms with Crippen LogP contribution in [-0.2, 0) is 13.1 Å². The number of rotatable bonds is 6. The summed E-state index contributed by atoms with van der Waals surface area (Å²) in [5.41, 5.74) is 2.74. The van der Waals surface area contributed by atoms with E-state index >= 15 is 0 Å². The minimum atomic E-state index is 0.603. The van der Waals surface area contributed by atoms with Crippen molar-refractivity contribution in [1.82, 2.24) is 14.9 Å². The first kappa shape index (κ1) is 13.8. The lowest BCUT2D eigenvalue weighted by Crippen LogP contribution is -2.19. The van der Waals surface area contributed by atoms with Crippen LogP contribution in [0.5, 0.6) is 0 Å². The van der Waals surface area contributed by atoms with Crippen LogP contribution in [0.3, 0.4) is 0 Å². The molecule has 1 aromatic heterocycles. The second kappa shape index (κ2) is 6.53. The molecule has 0 fully saturated rings. The summed E-state index contributed by atoms with van der Waals surface area (Å²) in [5, 5.41) is 3.47. The third-order valence-corrected chi connectivity index (χ3v) is 3.43. The van der Waals surface area contributed by atoms with Gasteiger partial charge in [0, 0.05) is 32.0 Å². The van der Waals surface area contributed by atoms with Gasteiger partial charge in [0.1, 0.15) is 5.82 Å². The van der Waals surface area contributed by atoms with E-state index in [1.54, 1.807) is 0 Å². The number of imidazole rings is 1. The Morgan fingerprint density at radius 2 is 1.95 bits per heavy atom. The van der Waals surface area contributed by atoms with E-state index in [-0.39, 0.29) is 0 Å². The molecule has 2 rings (SSSR count).